The van der Waals surface area contributed by atoms with E-state index in [9.17, 15) is 0 Å². The molecule has 2 N–H and O–H groups in total. The lowest BCUT2D eigenvalue weighted by Crippen LogP contribution is -2.43. The second-order valence-corrected chi connectivity index (χ2v) is 5.31. The smallest absolute Gasteiger partial charge is 0.142 e. The van der Waals surface area contributed by atoms with Gasteiger partial charge in [-0.25, -0.2) is 0 Å². The number of anilines is 1. The molecule has 1 atom stereocenters. The highest BCUT2D eigenvalue weighted by Crippen LogP contribution is 2.28. The lowest BCUT2D eigenvalue weighted by Gasteiger charge is -2.31. The number of ether oxygens (including phenoxy) is 1. The zero-order valence-corrected chi connectivity index (χ0v) is 11.4. The molecule has 2 aliphatic rings. The average Bonchev–Trinajstić information content (AvgIpc) is 3.00. The second kappa shape index (κ2) is 6.26. The molecule has 104 valence electrons. The molecule has 19 heavy (non-hydrogen) atoms. The fourth-order valence-electron chi connectivity index (χ4n) is 2.84. The first-order chi connectivity index (χ1) is 9.43. The van der Waals surface area contributed by atoms with Gasteiger partial charge in [0.1, 0.15) is 12.4 Å². The Morgan fingerprint density at radius 3 is 2.79 bits per heavy atom. The van der Waals surface area contributed by atoms with Gasteiger partial charge < -0.3 is 20.3 Å². The molecule has 0 saturated carbocycles. The third kappa shape index (κ3) is 3.19. The third-order valence-electron chi connectivity index (χ3n) is 3.93. The number of hydrogen-bond acceptors (Lipinski definition) is 4. The first kappa shape index (κ1) is 12.8. The van der Waals surface area contributed by atoms with Crippen molar-refractivity contribution in [3.63, 3.8) is 0 Å². The fourth-order valence-corrected chi connectivity index (χ4v) is 2.84. The van der Waals surface area contributed by atoms with Crippen LogP contribution < -0.4 is 20.3 Å². The summed E-state index contributed by atoms with van der Waals surface area (Å²) in [6.07, 6.45) is 2.50. The standard InChI is InChI=1S/C15H23N3O/c1-2-6-15(19-12-13-4-3-7-17-13)14(5-1)18-10-8-16-9-11-18/h1-2,5-6,13,16-17H,3-4,7-12H2/t13-/m0/s1. The van der Waals surface area contributed by atoms with Crippen LogP contribution in [0, 0.1) is 0 Å². The van der Waals surface area contributed by atoms with Gasteiger partial charge in [0.15, 0.2) is 0 Å². The van der Waals surface area contributed by atoms with Crippen molar-refractivity contribution in [2.24, 2.45) is 0 Å². The lowest BCUT2D eigenvalue weighted by molar-refractivity contribution is 0.277. The van der Waals surface area contributed by atoms with E-state index in [0.717, 1.165) is 45.1 Å². The Kier molecular flexibility index (Phi) is 4.20. The van der Waals surface area contributed by atoms with Crippen molar-refractivity contribution in [1.29, 1.82) is 0 Å². The summed E-state index contributed by atoms with van der Waals surface area (Å²) in [5.41, 5.74) is 1.24. The normalized spacial score (nSPS) is 23.6. The predicted molar refractivity (Wildman–Crippen MR) is 78.0 cm³/mol. The molecule has 1 aromatic rings. The fraction of sp³-hybridized carbons (Fsp3) is 0.600. The van der Waals surface area contributed by atoms with Gasteiger partial charge in [-0.05, 0) is 31.5 Å². The lowest BCUT2D eigenvalue weighted by atomic mass is 10.2. The highest BCUT2D eigenvalue weighted by atomic mass is 16.5. The molecule has 0 aromatic heterocycles. The topological polar surface area (TPSA) is 36.5 Å². The number of benzene rings is 1. The van der Waals surface area contributed by atoms with Gasteiger partial charge in [0.25, 0.3) is 0 Å². The molecular formula is C15H23N3O. The zero-order chi connectivity index (χ0) is 12.9. The van der Waals surface area contributed by atoms with Gasteiger partial charge in [-0.3, -0.25) is 0 Å². The van der Waals surface area contributed by atoms with Crippen LogP contribution in [0.1, 0.15) is 12.8 Å². The Balaban J connectivity index is 1.65. The van der Waals surface area contributed by atoms with Gasteiger partial charge in [-0.1, -0.05) is 12.1 Å². The van der Waals surface area contributed by atoms with Crippen LogP contribution >= 0.6 is 0 Å². The summed E-state index contributed by atoms with van der Waals surface area (Å²) >= 11 is 0. The van der Waals surface area contributed by atoms with Crippen molar-refractivity contribution >= 4 is 5.69 Å². The van der Waals surface area contributed by atoms with Crippen LogP contribution in [0.3, 0.4) is 0 Å². The summed E-state index contributed by atoms with van der Waals surface area (Å²) in [4.78, 5) is 2.41. The van der Waals surface area contributed by atoms with Gasteiger partial charge in [0.2, 0.25) is 0 Å². The van der Waals surface area contributed by atoms with Gasteiger partial charge in [-0.15, -0.1) is 0 Å². The highest BCUT2D eigenvalue weighted by Gasteiger charge is 2.17. The van der Waals surface area contributed by atoms with Gasteiger partial charge >= 0.3 is 0 Å². The first-order valence-electron chi connectivity index (χ1n) is 7.34. The quantitative estimate of drug-likeness (QED) is 0.854. The molecule has 0 aliphatic carbocycles. The third-order valence-corrected chi connectivity index (χ3v) is 3.93. The van der Waals surface area contributed by atoms with E-state index in [4.69, 9.17) is 4.74 Å². The minimum Gasteiger partial charge on any atom is -0.490 e. The van der Waals surface area contributed by atoms with Gasteiger partial charge in [0.05, 0.1) is 5.69 Å². The molecule has 3 rings (SSSR count). The summed E-state index contributed by atoms with van der Waals surface area (Å²) in [5.74, 6) is 1.03. The zero-order valence-electron chi connectivity index (χ0n) is 11.4. The molecular weight excluding hydrogens is 238 g/mol. The van der Waals surface area contributed by atoms with Gasteiger partial charge in [-0.2, -0.15) is 0 Å². The first-order valence-corrected chi connectivity index (χ1v) is 7.34. The van der Waals surface area contributed by atoms with Crippen molar-refractivity contribution in [3.05, 3.63) is 24.3 Å². The Bertz CT molecular complexity index is 398. The van der Waals surface area contributed by atoms with E-state index in [0.29, 0.717) is 6.04 Å². The summed E-state index contributed by atoms with van der Waals surface area (Å²) in [7, 11) is 0. The summed E-state index contributed by atoms with van der Waals surface area (Å²) in [6, 6.07) is 8.94. The largest absolute Gasteiger partial charge is 0.490 e. The van der Waals surface area contributed by atoms with E-state index in [-0.39, 0.29) is 0 Å². The van der Waals surface area contributed by atoms with Crippen LogP contribution in [0.5, 0.6) is 5.75 Å². The molecule has 0 radical (unpaired) electrons. The Labute approximate surface area is 115 Å². The van der Waals surface area contributed by atoms with E-state index in [1.807, 2.05) is 0 Å². The number of rotatable bonds is 4. The van der Waals surface area contributed by atoms with Crippen LogP contribution in [0.25, 0.3) is 0 Å². The SMILES string of the molecule is c1ccc(N2CCNCC2)c(OC[C@@H]2CCCN2)c1. The van der Waals surface area contributed by atoms with Gasteiger partial charge in [0, 0.05) is 32.2 Å². The van der Waals surface area contributed by atoms with E-state index in [2.05, 4.69) is 39.8 Å². The van der Waals surface area contributed by atoms with Crippen molar-refractivity contribution < 1.29 is 4.74 Å². The molecule has 1 aromatic carbocycles. The van der Waals surface area contributed by atoms with Crippen molar-refractivity contribution in [2.75, 3.05) is 44.2 Å². The van der Waals surface area contributed by atoms with E-state index in [1.165, 1.54) is 18.5 Å². The minimum atomic E-state index is 0.524. The van der Waals surface area contributed by atoms with Crippen LogP contribution in [0.15, 0.2) is 24.3 Å². The Hall–Kier alpha value is -1.26. The van der Waals surface area contributed by atoms with Crippen LogP contribution in [0.4, 0.5) is 5.69 Å². The maximum absolute atomic E-state index is 6.05. The maximum Gasteiger partial charge on any atom is 0.142 e. The van der Waals surface area contributed by atoms with E-state index in [1.54, 1.807) is 0 Å². The molecule has 0 unspecified atom stereocenters. The molecule has 0 amide bonds. The monoisotopic (exact) mass is 261 g/mol. The molecule has 0 bridgehead atoms. The summed E-state index contributed by atoms with van der Waals surface area (Å²) in [6.45, 7) is 6.14. The van der Waals surface area contributed by atoms with Crippen LogP contribution in [0.2, 0.25) is 0 Å². The number of nitrogens with one attached hydrogen (secondary N) is 2. The molecule has 2 fully saturated rings. The van der Waals surface area contributed by atoms with E-state index >= 15 is 0 Å². The van der Waals surface area contributed by atoms with Crippen molar-refractivity contribution in [2.45, 2.75) is 18.9 Å². The number of piperazine rings is 1. The van der Waals surface area contributed by atoms with Crippen molar-refractivity contribution in [3.8, 4) is 5.75 Å². The van der Waals surface area contributed by atoms with Crippen LogP contribution in [-0.4, -0.2) is 45.4 Å². The number of hydrogen-bond donors (Lipinski definition) is 2. The second-order valence-electron chi connectivity index (χ2n) is 5.31. The number of para-hydroxylation sites is 2. The minimum absolute atomic E-state index is 0.524. The molecule has 4 heteroatoms. The Morgan fingerprint density at radius 2 is 2.00 bits per heavy atom. The molecule has 4 nitrogen and oxygen atoms in total. The Morgan fingerprint density at radius 1 is 1.16 bits per heavy atom. The molecule has 2 heterocycles. The average molecular weight is 261 g/mol. The molecule has 0 spiro atoms. The molecule has 2 aliphatic heterocycles. The number of nitrogens with zero attached hydrogens (tertiary/aromatic N) is 1. The molecule has 2 saturated heterocycles. The maximum atomic E-state index is 6.05. The highest BCUT2D eigenvalue weighted by molar-refractivity contribution is 5.58. The van der Waals surface area contributed by atoms with E-state index < -0.39 is 0 Å². The summed E-state index contributed by atoms with van der Waals surface area (Å²) in [5, 5.41) is 6.87. The van der Waals surface area contributed by atoms with Crippen LogP contribution in [-0.2, 0) is 0 Å². The summed E-state index contributed by atoms with van der Waals surface area (Å²) < 4.78 is 6.05. The van der Waals surface area contributed by atoms with Crippen molar-refractivity contribution in [1.82, 2.24) is 10.6 Å². The predicted octanol–water partition coefficient (Wildman–Crippen LogP) is 1.23.